The Morgan fingerprint density at radius 2 is 1.93 bits per heavy atom. The van der Waals surface area contributed by atoms with Crippen LogP contribution in [-0.4, -0.2) is 5.78 Å². The minimum atomic E-state index is 0.220. The zero-order valence-corrected chi connectivity index (χ0v) is 9.49. The van der Waals surface area contributed by atoms with Crippen molar-refractivity contribution in [2.45, 2.75) is 33.1 Å². The van der Waals surface area contributed by atoms with Gasteiger partial charge in [0.05, 0.1) is 0 Å². The predicted molar refractivity (Wildman–Crippen MR) is 64.7 cm³/mol. The molecule has 0 heterocycles. The fourth-order valence-electron chi connectivity index (χ4n) is 1.30. The van der Waals surface area contributed by atoms with Crippen molar-refractivity contribution in [2.24, 2.45) is 0 Å². The third-order valence-corrected chi connectivity index (χ3v) is 2.32. The molecule has 1 nitrogen and oxygen atoms in total. The van der Waals surface area contributed by atoms with Crippen molar-refractivity contribution in [3.05, 3.63) is 41.5 Å². The Morgan fingerprint density at radius 1 is 1.27 bits per heavy atom. The molecule has 0 amide bonds. The van der Waals surface area contributed by atoms with E-state index in [1.165, 1.54) is 5.56 Å². The molecule has 0 spiro atoms. The predicted octanol–water partition coefficient (Wildman–Crippen LogP) is 3.77. The molecule has 0 aliphatic rings. The first kappa shape index (κ1) is 11.7. The molecule has 1 aromatic carbocycles. The monoisotopic (exact) mass is 202 g/mol. The summed E-state index contributed by atoms with van der Waals surface area (Å²) in [4.78, 5) is 11.4. The van der Waals surface area contributed by atoms with Gasteiger partial charge in [0.15, 0.2) is 5.78 Å². The molecule has 0 saturated heterocycles. The third kappa shape index (κ3) is 4.59. The molecule has 0 unspecified atom stereocenters. The highest BCUT2D eigenvalue weighted by molar-refractivity contribution is 5.93. The minimum absolute atomic E-state index is 0.220. The van der Waals surface area contributed by atoms with Crippen molar-refractivity contribution in [3.63, 3.8) is 0 Å². The van der Waals surface area contributed by atoms with Gasteiger partial charge in [-0.05, 0) is 25.0 Å². The average Bonchev–Trinajstić information content (AvgIpc) is 2.25. The molecule has 1 aromatic rings. The van der Waals surface area contributed by atoms with Crippen LogP contribution in [0.1, 0.15) is 37.3 Å². The van der Waals surface area contributed by atoms with Gasteiger partial charge in [0.25, 0.3) is 0 Å². The first-order valence-corrected chi connectivity index (χ1v) is 5.50. The molecule has 0 aliphatic carbocycles. The van der Waals surface area contributed by atoms with Crippen molar-refractivity contribution in [2.75, 3.05) is 0 Å². The van der Waals surface area contributed by atoms with Gasteiger partial charge in [0, 0.05) is 6.42 Å². The number of unbranched alkanes of at least 4 members (excludes halogenated alkanes) is 1. The lowest BCUT2D eigenvalue weighted by molar-refractivity contribution is -0.114. The first-order chi connectivity index (χ1) is 7.22. The summed E-state index contributed by atoms with van der Waals surface area (Å²) in [6.07, 6.45) is 6.29. The van der Waals surface area contributed by atoms with Crippen molar-refractivity contribution in [3.8, 4) is 0 Å². The number of carbonyl (C=O) groups excluding carboxylic acids is 1. The topological polar surface area (TPSA) is 17.1 Å². The lowest BCUT2D eigenvalue weighted by Gasteiger charge is -1.95. The van der Waals surface area contributed by atoms with Crippen LogP contribution in [-0.2, 0) is 4.79 Å². The van der Waals surface area contributed by atoms with Crippen LogP contribution in [0, 0.1) is 6.92 Å². The highest BCUT2D eigenvalue weighted by Gasteiger charge is 1.94. The van der Waals surface area contributed by atoms with Crippen LogP contribution in [0.3, 0.4) is 0 Å². The second-order valence-electron chi connectivity index (χ2n) is 3.81. The number of allylic oxidation sites excluding steroid dienone is 1. The first-order valence-electron chi connectivity index (χ1n) is 5.50. The quantitative estimate of drug-likeness (QED) is 0.664. The second kappa shape index (κ2) is 6.18. The SMILES string of the molecule is CCCCC(=O)/C=C\c1ccc(C)cc1. The molecule has 0 saturated carbocycles. The van der Waals surface area contributed by atoms with Gasteiger partial charge >= 0.3 is 0 Å². The van der Waals surface area contributed by atoms with Gasteiger partial charge in [-0.2, -0.15) is 0 Å². The summed E-state index contributed by atoms with van der Waals surface area (Å²) in [5.41, 5.74) is 2.33. The molecule has 0 atom stereocenters. The number of aryl methyl sites for hydroxylation is 1. The smallest absolute Gasteiger partial charge is 0.155 e. The van der Waals surface area contributed by atoms with E-state index in [-0.39, 0.29) is 5.78 Å². The maximum atomic E-state index is 11.4. The number of hydrogen-bond donors (Lipinski definition) is 0. The molecule has 0 aliphatic heterocycles. The molecule has 15 heavy (non-hydrogen) atoms. The van der Waals surface area contributed by atoms with Gasteiger partial charge in [-0.25, -0.2) is 0 Å². The van der Waals surface area contributed by atoms with E-state index in [4.69, 9.17) is 0 Å². The fourth-order valence-corrected chi connectivity index (χ4v) is 1.30. The fraction of sp³-hybridized carbons (Fsp3) is 0.357. The van der Waals surface area contributed by atoms with Crippen molar-refractivity contribution < 1.29 is 4.79 Å². The highest BCUT2D eigenvalue weighted by Crippen LogP contribution is 2.06. The van der Waals surface area contributed by atoms with E-state index in [2.05, 4.69) is 26.0 Å². The van der Waals surface area contributed by atoms with Gasteiger partial charge in [-0.1, -0.05) is 49.2 Å². The zero-order chi connectivity index (χ0) is 11.1. The van der Waals surface area contributed by atoms with E-state index in [1.807, 2.05) is 18.2 Å². The maximum absolute atomic E-state index is 11.4. The molecule has 0 bridgehead atoms. The summed E-state index contributed by atoms with van der Waals surface area (Å²) < 4.78 is 0. The van der Waals surface area contributed by atoms with Crippen LogP contribution < -0.4 is 0 Å². The molecule has 0 radical (unpaired) electrons. The summed E-state index contributed by atoms with van der Waals surface area (Å²) in [5, 5.41) is 0. The normalized spacial score (nSPS) is 10.8. The lowest BCUT2D eigenvalue weighted by atomic mass is 10.1. The number of hydrogen-bond acceptors (Lipinski definition) is 1. The Bertz CT molecular complexity index is 333. The number of carbonyl (C=O) groups is 1. The standard InChI is InChI=1S/C14H18O/c1-3-4-5-14(15)11-10-13-8-6-12(2)7-9-13/h6-11H,3-5H2,1-2H3/b11-10-. The van der Waals surface area contributed by atoms with E-state index in [0.717, 1.165) is 18.4 Å². The van der Waals surface area contributed by atoms with Crippen LogP contribution in [0.2, 0.25) is 0 Å². The Morgan fingerprint density at radius 3 is 2.53 bits per heavy atom. The Hall–Kier alpha value is -1.37. The highest BCUT2D eigenvalue weighted by atomic mass is 16.1. The lowest BCUT2D eigenvalue weighted by Crippen LogP contribution is -1.90. The van der Waals surface area contributed by atoms with Crippen molar-refractivity contribution >= 4 is 11.9 Å². The second-order valence-corrected chi connectivity index (χ2v) is 3.81. The summed E-state index contributed by atoms with van der Waals surface area (Å²) in [7, 11) is 0. The molecular formula is C14H18O. The van der Waals surface area contributed by atoms with Crippen molar-refractivity contribution in [1.29, 1.82) is 0 Å². The molecule has 0 aromatic heterocycles. The van der Waals surface area contributed by atoms with Crippen LogP contribution in [0.5, 0.6) is 0 Å². The summed E-state index contributed by atoms with van der Waals surface area (Å²) in [5.74, 6) is 0.220. The Kier molecular flexibility index (Phi) is 4.82. The van der Waals surface area contributed by atoms with Crippen LogP contribution >= 0.6 is 0 Å². The average molecular weight is 202 g/mol. The minimum Gasteiger partial charge on any atom is -0.295 e. The molecule has 0 fully saturated rings. The Labute approximate surface area is 91.8 Å². The largest absolute Gasteiger partial charge is 0.295 e. The van der Waals surface area contributed by atoms with Crippen LogP contribution in [0.15, 0.2) is 30.3 Å². The van der Waals surface area contributed by atoms with E-state index in [1.54, 1.807) is 6.08 Å². The molecule has 1 heteroatoms. The van der Waals surface area contributed by atoms with Gasteiger partial charge in [0.2, 0.25) is 0 Å². The van der Waals surface area contributed by atoms with Gasteiger partial charge in [-0.15, -0.1) is 0 Å². The van der Waals surface area contributed by atoms with E-state index >= 15 is 0 Å². The summed E-state index contributed by atoms with van der Waals surface area (Å²) in [6.45, 7) is 4.15. The number of benzene rings is 1. The van der Waals surface area contributed by atoms with E-state index in [0.29, 0.717) is 6.42 Å². The van der Waals surface area contributed by atoms with E-state index in [9.17, 15) is 4.79 Å². The number of rotatable bonds is 5. The molecule has 80 valence electrons. The molecule has 1 rings (SSSR count). The zero-order valence-electron chi connectivity index (χ0n) is 9.49. The number of ketones is 1. The summed E-state index contributed by atoms with van der Waals surface area (Å²) in [6, 6.07) is 8.16. The van der Waals surface area contributed by atoms with Crippen molar-refractivity contribution in [1.82, 2.24) is 0 Å². The van der Waals surface area contributed by atoms with E-state index < -0.39 is 0 Å². The molecule has 0 N–H and O–H groups in total. The van der Waals surface area contributed by atoms with Gasteiger partial charge in [-0.3, -0.25) is 4.79 Å². The summed E-state index contributed by atoms with van der Waals surface area (Å²) >= 11 is 0. The van der Waals surface area contributed by atoms with Crippen LogP contribution in [0.4, 0.5) is 0 Å². The molecular weight excluding hydrogens is 184 g/mol. The van der Waals surface area contributed by atoms with Gasteiger partial charge < -0.3 is 0 Å². The Balaban J connectivity index is 2.50. The van der Waals surface area contributed by atoms with Crippen LogP contribution in [0.25, 0.3) is 6.08 Å². The maximum Gasteiger partial charge on any atom is 0.155 e. The third-order valence-electron chi connectivity index (χ3n) is 2.32. The van der Waals surface area contributed by atoms with Gasteiger partial charge in [0.1, 0.15) is 0 Å².